The van der Waals surface area contributed by atoms with Crippen LogP contribution in [0.5, 0.6) is 5.88 Å². The van der Waals surface area contributed by atoms with Gasteiger partial charge < -0.3 is 28.9 Å². The molecule has 0 unspecified atom stereocenters. The fourth-order valence-corrected chi connectivity index (χ4v) is 5.29. The zero-order valence-electron chi connectivity index (χ0n) is 19.5. The van der Waals surface area contributed by atoms with Crippen molar-refractivity contribution in [2.75, 3.05) is 13.2 Å². The molecule has 196 valence electrons. The zero-order valence-corrected chi connectivity index (χ0v) is 20.3. The van der Waals surface area contributed by atoms with E-state index in [0.29, 0.717) is 16.6 Å². The smallest absolute Gasteiger partial charge is 0.454 e. The van der Waals surface area contributed by atoms with Crippen LogP contribution in [0.4, 0.5) is 13.2 Å². The number of halogens is 4. The number of benzene rings is 1. The average Bonchev–Trinajstić information content (AvgIpc) is 3.61. The number of hydrogen-bond acceptors (Lipinski definition) is 7. The molecule has 0 aliphatic carbocycles. The van der Waals surface area contributed by atoms with Crippen LogP contribution in [0.25, 0.3) is 33.2 Å². The summed E-state index contributed by atoms with van der Waals surface area (Å²) in [5.41, 5.74) is 1.24. The van der Waals surface area contributed by atoms with Crippen LogP contribution in [-0.4, -0.2) is 69.2 Å². The Hall–Kier alpha value is -3.63. The molecule has 0 bridgehead atoms. The van der Waals surface area contributed by atoms with E-state index in [4.69, 9.17) is 25.8 Å². The van der Waals surface area contributed by atoms with Gasteiger partial charge in [0.05, 0.1) is 35.0 Å². The number of aliphatic hydroxyl groups is 1. The van der Waals surface area contributed by atoms with Crippen molar-refractivity contribution in [1.82, 2.24) is 14.5 Å². The number of nitrogens with zero attached hydrogens (tertiary/aromatic N) is 3. The van der Waals surface area contributed by atoms with Gasteiger partial charge in [0, 0.05) is 29.7 Å². The molecule has 0 saturated carbocycles. The summed E-state index contributed by atoms with van der Waals surface area (Å²) in [6.07, 6.45) is -6.25. The van der Waals surface area contributed by atoms with Crippen molar-refractivity contribution in [2.45, 2.75) is 30.6 Å². The topological polar surface area (TPSA) is 122 Å². The number of hydrogen-bond donors (Lipinski definition) is 2. The summed E-state index contributed by atoms with van der Waals surface area (Å²) < 4.78 is 58.1. The minimum absolute atomic E-state index is 0.0913. The Morgan fingerprint density at radius 2 is 2.05 bits per heavy atom. The van der Waals surface area contributed by atoms with Gasteiger partial charge in [0.25, 0.3) is 5.78 Å². The van der Waals surface area contributed by atoms with Crippen LogP contribution >= 0.6 is 11.6 Å². The molecule has 0 radical (unpaired) electrons. The average molecular weight is 547 g/mol. The number of Topliss-reactive ketones (excluding diaryl/α,β-unsaturated/α-hetero) is 1. The molecule has 0 spiro atoms. The van der Waals surface area contributed by atoms with Crippen LogP contribution in [0, 0.1) is 11.3 Å². The molecule has 13 heteroatoms. The van der Waals surface area contributed by atoms with Crippen LogP contribution in [0.15, 0.2) is 30.5 Å². The molecule has 2 saturated heterocycles. The van der Waals surface area contributed by atoms with E-state index in [1.165, 1.54) is 16.7 Å². The fraction of sp³-hybridized carbons (Fsp3) is 0.320. The molecule has 2 fully saturated rings. The molecule has 0 amide bonds. The lowest BCUT2D eigenvalue weighted by Gasteiger charge is -2.16. The first-order valence-corrected chi connectivity index (χ1v) is 11.9. The van der Waals surface area contributed by atoms with Gasteiger partial charge >= 0.3 is 6.18 Å². The van der Waals surface area contributed by atoms with Gasteiger partial charge in [-0.2, -0.15) is 18.4 Å². The molecule has 6 rings (SSSR count). The number of fused-ring (bicyclic) bond motifs is 3. The van der Waals surface area contributed by atoms with Crippen molar-refractivity contribution in [3.8, 4) is 23.2 Å². The first kappa shape index (κ1) is 24.7. The normalized spacial score (nSPS) is 23.2. The van der Waals surface area contributed by atoms with Crippen LogP contribution in [-0.2, 0) is 16.5 Å². The Kier molecular flexibility index (Phi) is 5.66. The summed E-state index contributed by atoms with van der Waals surface area (Å²) >= 11 is 6.51. The number of ether oxygens (including phenoxy) is 3. The maximum Gasteiger partial charge on any atom is 0.454 e. The minimum Gasteiger partial charge on any atom is -0.469 e. The molecule has 3 aromatic heterocycles. The lowest BCUT2D eigenvalue weighted by atomic mass is 10.0. The second kappa shape index (κ2) is 8.71. The molecular weight excluding hydrogens is 529 g/mol. The van der Waals surface area contributed by atoms with Crippen molar-refractivity contribution >= 4 is 39.3 Å². The number of aliphatic hydroxyl groups excluding tert-OH is 1. The summed E-state index contributed by atoms with van der Waals surface area (Å²) in [7, 11) is 1.54. The number of aromatic nitrogens is 3. The number of nitrogens with one attached hydrogen (secondary N) is 1. The van der Waals surface area contributed by atoms with Crippen LogP contribution in [0.1, 0.15) is 15.9 Å². The Bertz CT molecular complexity index is 1660. The summed E-state index contributed by atoms with van der Waals surface area (Å²) in [6, 6.07) is 8.22. The monoisotopic (exact) mass is 546 g/mol. The number of carbonyl (C=O) groups excluding carboxylic acids is 1. The van der Waals surface area contributed by atoms with Crippen LogP contribution in [0.3, 0.4) is 0 Å². The van der Waals surface area contributed by atoms with Gasteiger partial charge in [0.15, 0.2) is 6.10 Å². The number of aryl methyl sites for hydroxylation is 1. The number of ketones is 1. The van der Waals surface area contributed by atoms with E-state index in [1.54, 1.807) is 19.2 Å². The predicted molar refractivity (Wildman–Crippen MR) is 128 cm³/mol. The SMILES string of the molecule is Cn1cc(C(=O)C(F)(F)F)c2cc(-c3nc4c(C#N)c(O[C@@H]5CO[C@H]6[C@@H]5OC[C@H]6O)[nH]c4cc3Cl)ccc21. The molecule has 2 aliphatic heterocycles. The molecule has 9 nitrogen and oxygen atoms in total. The molecule has 38 heavy (non-hydrogen) atoms. The molecule has 2 aliphatic rings. The highest BCUT2D eigenvalue weighted by Gasteiger charge is 2.49. The van der Waals surface area contributed by atoms with Gasteiger partial charge in [-0.25, -0.2) is 4.98 Å². The van der Waals surface area contributed by atoms with E-state index in [-0.39, 0.29) is 46.3 Å². The summed E-state index contributed by atoms with van der Waals surface area (Å²) in [5, 5.41) is 20.1. The zero-order chi connectivity index (χ0) is 26.9. The maximum absolute atomic E-state index is 13.2. The molecule has 4 aromatic rings. The number of alkyl halides is 3. The highest BCUT2D eigenvalue weighted by molar-refractivity contribution is 6.33. The van der Waals surface area contributed by atoms with Gasteiger partial charge in [-0.1, -0.05) is 17.7 Å². The number of nitriles is 1. The van der Waals surface area contributed by atoms with Crippen molar-refractivity contribution in [3.05, 3.63) is 46.6 Å². The highest BCUT2D eigenvalue weighted by atomic mass is 35.5. The second-order valence-corrected chi connectivity index (χ2v) is 9.60. The number of H-pyrrole nitrogens is 1. The Balaban J connectivity index is 1.41. The summed E-state index contributed by atoms with van der Waals surface area (Å²) in [6.45, 7) is 0.275. The number of carbonyl (C=O) groups is 1. The Labute approximate surface area is 217 Å². The van der Waals surface area contributed by atoms with Crippen LogP contribution in [0.2, 0.25) is 5.02 Å². The number of pyridine rings is 1. The molecule has 1 aromatic carbocycles. The van der Waals surface area contributed by atoms with E-state index >= 15 is 0 Å². The van der Waals surface area contributed by atoms with E-state index in [1.807, 2.05) is 0 Å². The third-order valence-corrected chi connectivity index (χ3v) is 7.10. The maximum atomic E-state index is 13.2. The van der Waals surface area contributed by atoms with Gasteiger partial charge in [-0.15, -0.1) is 0 Å². The van der Waals surface area contributed by atoms with E-state index in [0.717, 1.165) is 6.20 Å². The predicted octanol–water partition coefficient (Wildman–Crippen LogP) is 3.90. The third-order valence-electron chi connectivity index (χ3n) is 6.82. The van der Waals surface area contributed by atoms with Crippen molar-refractivity contribution < 1.29 is 37.3 Å². The first-order valence-electron chi connectivity index (χ1n) is 11.5. The lowest BCUT2D eigenvalue weighted by molar-refractivity contribution is -0.0884. The first-order chi connectivity index (χ1) is 18.1. The largest absolute Gasteiger partial charge is 0.469 e. The Morgan fingerprint density at radius 3 is 2.79 bits per heavy atom. The fourth-order valence-electron chi connectivity index (χ4n) is 5.03. The van der Waals surface area contributed by atoms with Crippen molar-refractivity contribution in [1.29, 1.82) is 5.26 Å². The van der Waals surface area contributed by atoms with Crippen LogP contribution < -0.4 is 4.74 Å². The minimum atomic E-state index is -5.03. The van der Waals surface area contributed by atoms with Crippen molar-refractivity contribution in [3.63, 3.8) is 0 Å². The van der Waals surface area contributed by atoms with Crippen molar-refractivity contribution in [2.24, 2.45) is 7.05 Å². The standard InChI is InChI=1S/C25H18ClF3N4O5/c1-33-7-13(23(35)25(27,28)29)11-4-10(2-3-16(11)33)19-14(26)5-15-20(32-19)12(6-30)24(31-15)38-18-9-37-21-17(34)8-36-22(18)21/h2-5,7,17-18,21-22,31,34H,8-9H2,1H3/t17-,18-,21-,22-/m1/s1. The van der Waals surface area contributed by atoms with Gasteiger partial charge in [0.1, 0.15) is 35.5 Å². The molecule has 5 heterocycles. The molecule has 4 atom stereocenters. The Morgan fingerprint density at radius 1 is 1.29 bits per heavy atom. The third kappa shape index (κ3) is 3.82. The highest BCUT2D eigenvalue weighted by Crippen LogP contribution is 2.38. The quantitative estimate of drug-likeness (QED) is 0.372. The number of aromatic amines is 1. The lowest BCUT2D eigenvalue weighted by Crippen LogP contribution is -2.34. The summed E-state index contributed by atoms with van der Waals surface area (Å²) in [4.78, 5) is 19.6. The number of rotatable bonds is 4. The van der Waals surface area contributed by atoms with E-state index in [2.05, 4.69) is 16.0 Å². The van der Waals surface area contributed by atoms with Gasteiger partial charge in [0.2, 0.25) is 5.88 Å². The van der Waals surface area contributed by atoms with Gasteiger partial charge in [-0.05, 0) is 18.2 Å². The van der Waals surface area contributed by atoms with E-state index in [9.17, 15) is 28.3 Å². The van der Waals surface area contributed by atoms with E-state index < -0.39 is 41.9 Å². The second-order valence-electron chi connectivity index (χ2n) is 9.19. The molecular formula is C25H18ClF3N4O5. The summed E-state index contributed by atoms with van der Waals surface area (Å²) in [5.74, 6) is -1.83. The van der Waals surface area contributed by atoms with Gasteiger partial charge in [-0.3, -0.25) is 4.79 Å². The molecule has 2 N–H and O–H groups in total.